The van der Waals surface area contributed by atoms with E-state index < -0.39 is 0 Å². The molecule has 0 aromatic heterocycles. The molecule has 0 atom stereocenters. The van der Waals surface area contributed by atoms with Crippen LogP contribution in [0.5, 0.6) is 0 Å². The van der Waals surface area contributed by atoms with Gasteiger partial charge < -0.3 is 10.5 Å². The molecule has 0 aliphatic heterocycles. The molecule has 24 valence electrons. The summed E-state index contributed by atoms with van der Waals surface area (Å²) in [7, 11) is 0. The van der Waals surface area contributed by atoms with Crippen molar-refractivity contribution in [1.29, 1.82) is 0 Å². The second-order valence-electron chi connectivity index (χ2n) is 0.118. The van der Waals surface area contributed by atoms with E-state index in [1.807, 2.05) is 0 Å². The molecule has 3 heteroatoms. The molecule has 0 heterocycles. The predicted octanol–water partition coefficient (Wildman–Crippen LogP) is -0.990. The molecule has 2 nitrogen and oxygen atoms in total. The minimum absolute atomic E-state index is 0. The van der Waals surface area contributed by atoms with Crippen LogP contribution in [0.25, 0.3) is 0 Å². The first-order chi connectivity index (χ1) is 1.41. The Morgan fingerprint density at radius 3 is 1.75 bits per heavy atom. The summed E-state index contributed by atoms with van der Waals surface area (Å²) in [5, 5.41) is 0. The van der Waals surface area contributed by atoms with Crippen molar-refractivity contribution < 1.29 is 25.9 Å². The third kappa shape index (κ3) is 116. The first kappa shape index (κ1) is 8.90. The van der Waals surface area contributed by atoms with Crippen molar-refractivity contribution in [3.8, 4) is 0 Å². The van der Waals surface area contributed by atoms with E-state index in [0.717, 1.165) is 6.41 Å². The normalized spacial score (nSPS) is 3.00. The molecule has 0 bridgehead atoms. The molecule has 0 rings (SSSR count). The van der Waals surface area contributed by atoms with Gasteiger partial charge in [-0.15, -0.1) is 0 Å². The van der Waals surface area contributed by atoms with E-state index in [1.165, 1.54) is 0 Å². The van der Waals surface area contributed by atoms with Gasteiger partial charge >= 0.3 is 0 Å². The Hall–Kier alpha value is 0.158. The second kappa shape index (κ2) is 11.0. The van der Waals surface area contributed by atoms with Gasteiger partial charge in [-0.2, -0.15) is 6.41 Å². The molecule has 0 saturated heterocycles. The molecule has 0 aromatic rings. The minimum Gasteiger partial charge on any atom is -0.543 e. The van der Waals surface area contributed by atoms with Crippen LogP contribution in [0.3, 0.4) is 0 Å². The van der Waals surface area contributed by atoms with Crippen LogP contribution in [0.4, 0.5) is 0 Å². The number of amides is 1. The van der Waals surface area contributed by atoms with E-state index in [-0.39, 0.29) is 21.1 Å². The molecule has 0 radical (unpaired) electrons. The van der Waals surface area contributed by atoms with Gasteiger partial charge in [-0.3, -0.25) is 0 Å². The number of hydrogen-bond acceptors (Lipinski definition) is 1. The van der Waals surface area contributed by atoms with Crippen molar-refractivity contribution in [2.45, 2.75) is 0 Å². The summed E-state index contributed by atoms with van der Waals surface area (Å²) in [5.74, 6) is 0. The maximum atomic E-state index is 8.46. The summed E-state index contributed by atoms with van der Waals surface area (Å²) in [6, 6.07) is 0. The van der Waals surface area contributed by atoms with Gasteiger partial charge in [-0.05, 0) is 0 Å². The van der Waals surface area contributed by atoms with Crippen molar-refractivity contribution in [3.63, 3.8) is 0 Å². The topological polar surface area (TPSA) is 43.1 Å². The van der Waals surface area contributed by atoms with Crippen LogP contribution in [0, 0.1) is 0 Å². The molecule has 0 aliphatic carbocycles. The first-order valence-corrected chi connectivity index (χ1v) is 0.493. The molecule has 0 spiro atoms. The van der Waals surface area contributed by atoms with Gasteiger partial charge in [0.25, 0.3) is 0 Å². The van der Waals surface area contributed by atoms with Crippen LogP contribution in [0.15, 0.2) is 0 Å². The average Bonchev–Trinajstić information content (AvgIpc) is 0.918. The molecule has 0 aromatic carbocycles. The van der Waals surface area contributed by atoms with E-state index in [1.54, 1.807) is 0 Å². The first-order valence-electron chi connectivity index (χ1n) is 0.493. The predicted molar refractivity (Wildman–Crippen MR) is 9.88 cm³/mol. The number of carbonyl (C=O) groups excluding carboxylic acids is 1. The maximum absolute atomic E-state index is 8.46. The molecular formula is CH2NOW-. The van der Waals surface area contributed by atoms with E-state index in [2.05, 4.69) is 5.73 Å². The summed E-state index contributed by atoms with van der Waals surface area (Å²) in [5.41, 5.74) is 4.04. The van der Waals surface area contributed by atoms with Crippen LogP contribution >= 0.6 is 0 Å². The third-order valence-electron chi connectivity index (χ3n) is 0. The van der Waals surface area contributed by atoms with Crippen molar-refractivity contribution in [3.05, 3.63) is 0 Å². The van der Waals surface area contributed by atoms with Crippen molar-refractivity contribution >= 4 is 6.41 Å². The summed E-state index contributed by atoms with van der Waals surface area (Å²) >= 11 is 0. The van der Waals surface area contributed by atoms with Gasteiger partial charge in [0, 0.05) is 21.1 Å². The zero-order chi connectivity index (χ0) is 2.71. The van der Waals surface area contributed by atoms with Crippen LogP contribution in [-0.4, -0.2) is 6.41 Å². The van der Waals surface area contributed by atoms with Gasteiger partial charge in [0.05, 0.1) is 0 Å². The molecule has 2 N–H and O–H groups in total. The fourth-order valence-electron chi connectivity index (χ4n) is 0. The Labute approximate surface area is 38.6 Å². The monoisotopic (exact) mass is 228 g/mol. The SMILES string of the molecule is N[C-]=O.[W]. The summed E-state index contributed by atoms with van der Waals surface area (Å²) in [6.45, 7) is 0. The fraction of sp³-hybridized carbons (Fsp3) is 0. The van der Waals surface area contributed by atoms with Gasteiger partial charge in [0.2, 0.25) is 0 Å². The molecule has 1 amide bonds. The van der Waals surface area contributed by atoms with Crippen LogP contribution in [0.1, 0.15) is 0 Å². The Balaban J connectivity index is 0. The van der Waals surface area contributed by atoms with Crippen LogP contribution in [-0.2, 0) is 25.9 Å². The largest absolute Gasteiger partial charge is 0.543 e. The van der Waals surface area contributed by atoms with Crippen LogP contribution in [0.2, 0.25) is 0 Å². The van der Waals surface area contributed by atoms with Crippen LogP contribution < -0.4 is 5.73 Å². The second-order valence-corrected chi connectivity index (χ2v) is 0.118. The third-order valence-corrected chi connectivity index (χ3v) is 0. The van der Waals surface area contributed by atoms with E-state index >= 15 is 0 Å². The molecule has 0 aliphatic rings. The number of nitrogens with two attached hydrogens (primary N) is 1. The van der Waals surface area contributed by atoms with E-state index in [0.29, 0.717) is 0 Å². The Kier molecular flexibility index (Phi) is 24.4. The van der Waals surface area contributed by atoms with E-state index in [4.69, 9.17) is 4.79 Å². The fourth-order valence-corrected chi connectivity index (χ4v) is 0. The van der Waals surface area contributed by atoms with E-state index in [9.17, 15) is 0 Å². The smallest absolute Gasteiger partial charge is 0 e. The summed E-state index contributed by atoms with van der Waals surface area (Å²) in [4.78, 5) is 8.46. The molecule has 0 saturated carbocycles. The standard InChI is InChI=1S/CH2NO.W/c2-1-3;/h(H2,2,3);/q-1;. The van der Waals surface area contributed by atoms with Gasteiger partial charge in [-0.1, -0.05) is 0 Å². The molecule has 4 heavy (non-hydrogen) atoms. The summed E-state index contributed by atoms with van der Waals surface area (Å²) in [6.07, 6.45) is 1.00. The zero-order valence-electron chi connectivity index (χ0n) is 1.89. The van der Waals surface area contributed by atoms with Crippen molar-refractivity contribution in [1.82, 2.24) is 0 Å². The van der Waals surface area contributed by atoms with Gasteiger partial charge in [0.15, 0.2) is 0 Å². The van der Waals surface area contributed by atoms with Gasteiger partial charge in [-0.25, -0.2) is 0 Å². The number of hydrogen-bond donors (Lipinski definition) is 1. The zero-order valence-corrected chi connectivity index (χ0v) is 4.83. The average molecular weight is 228 g/mol. The van der Waals surface area contributed by atoms with Crippen molar-refractivity contribution in [2.24, 2.45) is 5.73 Å². The van der Waals surface area contributed by atoms with Crippen molar-refractivity contribution in [2.75, 3.05) is 0 Å². The molecule has 0 unspecified atom stereocenters. The Morgan fingerprint density at radius 2 is 1.75 bits per heavy atom. The Morgan fingerprint density at radius 1 is 1.75 bits per heavy atom. The van der Waals surface area contributed by atoms with Gasteiger partial charge in [0.1, 0.15) is 0 Å². The minimum atomic E-state index is 0. The number of primary amides is 1. The summed E-state index contributed by atoms with van der Waals surface area (Å²) < 4.78 is 0. The number of rotatable bonds is 0. The molecule has 0 fully saturated rings. The molecular weight excluding hydrogens is 226 g/mol. The quantitative estimate of drug-likeness (QED) is 0.419. The Bertz CT molecular complexity index is 15.5. The maximum Gasteiger partial charge on any atom is 0 e.